The van der Waals surface area contributed by atoms with E-state index in [1.54, 1.807) is 0 Å². The highest BCUT2D eigenvalue weighted by Gasteiger charge is 2.15. The Morgan fingerprint density at radius 2 is 1.72 bits per heavy atom. The number of hydrogen-bond donors (Lipinski definition) is 3. The number of benzene rings is 2. The van der Waals surface area contributed by atoms with E-state index >= 15 is 0 Å². The molecule has 2 aromatic carbocycles. The second-order valence-electron chi connectivity index (χ2n) is 3.89. The molecule has 0 aliphatic heterocycles. The first-order valence-electron chi connectivity index (χ1n) is 5.19. The third-order valence-corrected chi connectivity index (χ3v) is 2.80. The molecule has 0 unspecified atom stereocenters. The van der Waals surface area contributed by atoms with Crippen molar-refractivity contribution in [2.45, 2.75) is 0 Å². The number of rotatable bonds is 0. The number of phenols is 3. The topological polar surface area (TPSA) is 90.9 Å². The van der Waals surface area contributed by atoms with Crippen molar-refractivity contribution in [1.29, 1.82) is 0 Å². The molecule has 1 heterocycles. The first-order chi connectivity index (χ1) is 8.59. The average Bonchev–Trinajstić information content (AvgIpc) is 2.34. The molecule has 0 aliphatic carbocycles. The van der Waals surface area contributed by atoms with E-state index in [1.807, 2.05) is 0 Å². The fraction of sp³-hybridized carbons (Fsp3) is 0. The summed E-state index contributed by atoms with van der Waals surface area (Å²) in [6, 6.07) is 6.93. The minimum Gasteiger partial charge on any atom is -0.507 e. The van der Waals surface area contributed by atoms with Crippen molar-refractivity contribution in [2.24, 2.45) is 0 Å². The number of fused-ring (bicyclic) bond motifs is 2. The second-order valence-corrected chi connectivity index (χ2v) is 3.89. The molecule has 3 aromatic rings. The maximum Gasteiger partial charge on any atom is 0.204 e. The van der Waals surface area contributed by atoms with Crippen LogP contribution in [0.5, 0.6) is 17.2 Å². The number of aromatic hydroxyl groups is 3. The highest BCUT2D eigenvalue weighted by atomic mass is 16.4. The molecule has 90 valence electrons. The Hall–Kier alpha value is -2.69. The summed E-state index contributed by atoms with van der Waals surface area (Å²) in [5.41, 5.74) is -0.411. The van der Waals surface area contributed by atoms with Crippen LogP contribution in [0.2, 0.25) is 0 Å². The van der Waals surface area contributed by atoms with Crippen LogP contribution in [0, 0.1) is 0 Å². The Kier molecular flexibility index (Phi) is 1.98. The fourth-order valence-electron chi connectivity index (χ4n) is 1.92. The minimum atomic E-state index is -0.491. The molecule has 0 spiro atoms. The van der Waals surface area contributed by atoms with Gasteiger partial charge in [0.05, 0.1) is 5.39 Å². The molecule has 0 fully saturated rings. The van der Waals surface area contributed by atoms with Gasteiger partial charge < -0.3 is 19.7 Å². The van der Waals surface area contributed by atoms with Crippen LogP contribution in [0.25, 0.3) is 21.9 Å². The molecule has 3 rings (SSSR count). The van der Waals surface area contributed by atoms with Crippen LogP contribution in [0.3, 0.4) is 0 Å². The molecule has 0 amide bonds. The standard InChI is InChI=1S/C13H8O5/c14-7-2-1-3-9-10(7)11(16)6-4-5-8(15)12(17)13(6)18-9/h1-5,14-15,17H. The molecule has 5 nitrogen and oxygen atoms in total. The van der Waals surface area contributed by atoms with Crippen LogP contribution in [-0.4, -0.2) is 15.3 Å². The van der Waals surface area contributed by atoms with Crippen LogP contribution < -0.4 is 5.43 Å². The molecule has 18 heavy (non-hydrogen) atoms. The van der Waals surface area contributed by atoms with Crippen LogP contribution in [-0.2, 0) is 0 Å². The predicted molar refractivity (Wildman–Crippen MR) is 65.0 cm³/mol. The van der Waals surface area contributed by atoms with Gasteiger partial charge in [-0.1, -0.05) is 6.07 Å². The quantitative estimate of drug-likeness (QED) is 0.416. The average molecular weight is 244 g/mol. The zero-order valence-electron chi connectivity index (χ0n) is 9.04. The predicted octanol–water partition coefficient (Wildman–Crippen LogP) is 2.06. The van der Waals surface area contributed by atoms with Gasteiger partial charge in [0.2, 0.25) is 11.2 Å². The van der Waals surface area contributed by atoms with Crippen LogP contribution in [0.15, 0.2) is 39.5 Å². The van der Waals surface area contributed by atoms with Crippen LogP contribution in [0.4, 0.5) is 0 Å². The first-order valence-corrected chi connectivity index (χ1v) is 5.19. The molecule has 0 atom stereocenters. The maximum absolute atomic E-state index is 12.2. The van der Waals surface area contributed by atoms with E-state index in [0.29, 0.717) is 0 Å². The van der Waals surface area contributed by atoms with E-state index in [2.05, 4.69) is 0 Å². The Bertz CT molecular complexity index is 832. The smallest absolute Gasteiger partial charge is 0.204 e. The van der Waals surface area contributed by atoms with Gasteiger partial charge in [0.25, 0.3) is 0 Å². The highest BCUT2D eigenvalue weighted by Crippen LogP contribution is 2.34. The van der Waals surface area contributed by atoms with Crippen molar-refractivity contribution >= 4 is 21.9 Å². The zero-order chi connectivity index (χ0) is 12.9. The summed E-state index contributed by atoms with van der Waals surface area (Å²) in [7, 11) is 0. The molecule has 3 N–H and O–H groups in total. The van der Waals surface area contributed by atoms with Gasteiger partial charge in [-0.25, -0.2) is 0 Å². The summed E-state index contributed by atoms with van der Waals surface area (Å²) in [5.74, 6) is -1.05. The third kappa shape index (κ3) is 1.24. The van der Waals surface area contributed by atoms with Crippen molar-refractivity contribution in [3.63, 3.8) is 0 Å². The summed E-state index contributed by atoms with van der Waals surface area (Å²) < 4.78 is 5.35. The highest BCUT2D eigenvalue weighted by molar-refractivity contribution is 5.95. The first kappa shape index (κ1) is 10.5. The Labute approximate surface area is 100 Å². The van der Waals surface area contributed by atoms with Gasteiger partial charge in [-0.2, -0.15) is 0 Å². The zero-order valence-corrected chi connectivity index (χ0v) is 9.04. The molecule has 1 aromatic heterocycles. The molecular formula is C13H8O5. The van der Waals surface area contributed by atoms with Crippen molar-refractivity contribution in [3.8, 4) is 17.2 Å². The van der Waals surface area contributed by atoms with Crippen molar-refractivity contribution in [2.75, 3.05) is 0 Å². The molecular weight excluding hydrogens is 236 g/mol. The van der Waals surface area contributed by atoms with E-state index in [0.717, 1.165) is 0 Å². The number of phenolic OH excluding ortho intramolecular Hbond substituents is 3. The third-order valence-electron chi connectivity index (χ3n) is 2.80. The van der Waals surface area contributed by atoms with Crippen molar-refractivity contribution < 1.29 is 19.7 Å². The van der Waals surface area contributed by atoms with Gasteiger partial charge >= 0.3 is 0 Å². The van der Waals surface area contributed by atoms with Crippen molar-refractivity contribution in [3.05, 3.63) is 40.6 Å². The normalized spacial score (nSPS) is 11.1. The summed E-state index contributed by atoms with van der Waals surface area (Å²) in [6.07, 6.45) is 0. The van der Waals surface area contributed by atoms with Gasteiger partial charge in [-0.15, -0.1) is 0 Å². The molecule has 5 heteroatoms. The SMILES string of the molecule is O=c1c2ccc(O)c(O)c2oc2cccc(O)c12. The van der Waals surface area contributed by atoms with E-state index in [4.69, 9.17) is 4.42 Å². The van der Waals surface area contributed by atoms with Crippen LogP contribution >= 0.6 is 0 Å². The van der Waals surface area contributed by atoms with Gasteiger partial charge in [0, 0.05) is 0 Å². The molecule has 0 bridgehead atoms. The Morgan fingerprint density at radius 1 is 0.944 bits per heavy atom. The second kappa shape index (κ2) is 3.40. The van der Waals surface area contributed by atoms with Gasteiger partial charge in [-0.3, -0.25) is 4.79 Å². The minimum absolute atomic E-state index is 0.0510. The summed E-state index contributed by atoms with van der Waals surface area (Å²) >= 11 is 0. The number of hydrogen-bond acceptors (Lipinski definition) is 5. The lowest BCUT2D eigenvalue weighted by atomic mass is 10.1. The van der Waals surface area contributed by atoms with E-state index in [-0.39, 0.29) is 33.4 Å². The lowest BCUT2D eigenvalue weighted by Crippen LogP contribution is -2.02. The fourth-order valence-corrected chi connectivity index (χ4v) is 1.92. The van der Waals surface area contributed by atoms with Gasteiger partial charge in [0.1, 0.15) is 16.7 Å². The summed E-state index contributed by atoms with van der Waals surface area (Å²) in [6.45, 7) is 0. The lowest BCUT2D eigenvalue weighted by molar-refractivity contribution is 0.401. The summed E-state index contributed by atoms with van der Waals surface area (Å²) in [5, 5.41) is 28.9. The molecule has 0 saturated heterocycles. The molecule has 0 radical (unpaired) electrons. The Morgan fingerprint density at radius 3 is 2.50 bits per heavy atom. The largest absolute Gasteiger partial charge is 0.507 e. The van der Waals surface area contributed by atoms with E-state index in [9.17, 15) is 20.1 Å². The summed E-state index contributed by atoms with van der Waals surface area (Å²) in [4.78, 5) is 12.2. The van der Waals surface area contributed by atoms with Crippen LogP contribution in [0.1, 0.15) is 0 Å². The van der Waals surface area contributed by atoms with Crippen molar-refractivity contribution in [1.82, 2.24) is 0 Å². The molecule has 0 aliphatic rings. The van der Waals surface area contributed by atoms with Gasteiger partial charge in [0.15, 0.2) is 11.3 Å². The maximum atomic E-state index is 12.2. The Balaban J connectivity index is 2.66. The molecule has 0 saturated carbocycles. The van der Waals surface area contributed by atoms with E-state index in [1.165, 1.54) is 30.3 Å². The van der Waals surface area contributed by atoms with Gasteiger partial charge in [-0.05, 0) is 24.3 Å². The monoisotopic (exact) mass is 244 g/mol. The van der Waals surface area contributed by atoms with E-state index < -0.39 is 11.2 Å². The lowest BCUT2D eigenvalue weighted by Gasteiger charge is -2.05.